The highest BCUT2D eigenvalue weighted by atomic mass is 16.2. The van der Waals surface area contributed by atoms with E-state index < -0.39 is 0 Å². The molecule has 24 heavy (non-hydrogen) atoms. The number of hydrogen-bond acceptors (Lipinski definition) is 4. The number of imidazole rings is 1. The lowest BCUT2D eigenvalue weighted by Gasteiger charge is -2.30. The first-order chi connectivity index (χ1) is 11.5. The topological polar surface area (TPSA) is 80.1 Å². The minimum atomic E-state index is -0.0591. The van der Waals surface area contributed by atoms with Crippen LogP contribution in [0.15, 0.2) is 30.7 Å². The molecule has 1 saturated heterocycles. The van der Waals surface area contributed by atoms with Crippen molar-refractivity contribution >= 4 is 17.5 Å². The van der Waals surface area contributed by atoms with Crippen molar-refractivity contribution in [1.29, 1.82) is 0 Å². The average molecular weight is 327 g/mol. The summed E-state index contributed by atoms with van der Waals surface area (Å²) in [5.74, 6) is 1.63. The molecule has 0 spiro atoms. The molecule has 0 aliphatic carbocycles. The average Bonchev–Trinajstić information content (AvgIpc) is 3.01. The molecular formula is C17H21N5O2. The Morgan fingerprint density at radius 3 is 2.50 bits per heavy atom. The molecule has 2 amide bonds. The summed E-state index contributed by atoms with van der Waals surface area (Å²) in [6, 6.07) is 3.69. The molecule has 1 N–H and O–H groups in total. The van der Waals surface area contributed by atoms with Crippen molar-refractivity contribution in [3.63, 3.8) is 0 Å². The lowest BCUT2D eigenvalue weighted by atomic mass is 9.96. The third-order valence-corrected chi connectivity index (χ3v) is 4.40. The van der Waals surface area contributed by atoms with Gasteiger partial charge in [-0.15, -0.1) is 0 Å². The molecule has 0 radical (unpaired) electrons. The Kier molecular flexibility index (Phi) is 4.59. The zero-order valence-electron chi connectivity index (χ0n) is 13.9. The van der Waals surface area contributed by atoms with Crippen LogP contribution < -0.4 is 5.32 Å². The molecule has 1 aliphatic rings. The van der Waals surface area contributed by atoms with Crippen LogP contribution in [-0.4, -0.2) is 44.3 Å². The highest BCUT2D eigenvalue weighted by Gasteiger charge is 2.26. The lowest BCUT2D eigenvalue weighted by molar-refractivity contribution is -0.132. The maximum atomic E-state index is 12.4. The Bertz CT molecular complexity index is 730. The fourth-order valence-corrected chi connectivity index (χ4v) is 2.92. The summed E-state index contributed by atoms with van der Waals surface area (Å²) in [5.41, 5.74) is 0.676. The van der Waals surface area contributed by atoms with Gasteiger partial charge in [-0.1, -0.05) is 0 Å². The first kappa shape index (κ1) is 16.2. The van der Waals surface area contributed by atoms with Crippen molar-refractivity contribution in [3.8, 4) is 5.82 Å². The van der Waals surface area contributed by atoms with E-state index in [1.54, 1.807) is 24.2 Å². The van der Waals surface area contributed by atoms with Gasteiger partial charge in [0.1, 0.15) is 11.6 Å². The highest BCUT2D eigenvalue weighted by molar-refractivity contribution is 5.92. The largest absolute Gasteiger partial charge is 0.343 e. The minimum Gasteiger partial charge on any atom is -0.343 e. The van der Waals surface area contributed by atoms with Gasteiger partial charge in [0, 0.05) is 38.3 Å². The number of carbonyl (C=O) groups is 2. The molecule has 0 atom stereocenters. The van der Waals surface area contributed by atoms with Gasteiger partial charge in [0.2, 0.25) is 11.8 Å². The lowest BCUT2D eigenvalue weighted by Crippen LogP contribution is -2.40. The van der Waals surface area contributed by atoms with Gasteiger partial charge in [0.05, 0.1) is 11.9 Å². The number of piperidine rings is 1. The monoisotopic (exact) mass is 327 g/mol. The van der Waals surface area contributed by atoms with Gasteiger partial charge < -0.3 is 10.2 Å². The van der Waals surface area contributed by atoms with E-state index in [2.05, 4.69) is 15.3 Å². The molecule has 126 valence electrons. The molecular weight excluding hydrogens is 306 g/mol. The zero-order valence-corrected chi connectivity index (χ0v) is 13.9. The van der Waals surface area contributed by atoms with Crippen LogP contribution in [0.1, 0.15) is 25.6 Å². The number of carbonyl (C=O) groups excluding carboxylic acids is 2. The molecule has 7 nitrogen and oxygen atoms in total. The van der Waals surface area contributed by atoms with Crippen molar-refractivity contribution in [1.82, 2.24) is 19.4 Å². The number of hydrogen-bond donors (Lipinski definition) is 1. The van der Waals surface area contributed by atoms with Gasteiger partial charge in [-0.25, -0.2) is 9.97 Å². The molecule has 7 heteroatoms. The number of likely N-dealkylation sites (tertiary alicyclic amines) is 1. The van der Waals surface area contributed by atoms with E-state index in [0.717, 1.165) is 11.6 Å². The maximum absolute atomic E-state index is 12.4. The summed E-state index contributed by atoms with van der Waals surface area (Å²) in [7, 11) is 0. The van der Waals surface area contributed by atoms with E-state index in [4.69, 9.17) is 0 Å². The molecule has 0 saturated carbocycles. The standard InChI is InChI=1S/C17H21N5O2/c1-12-18-7-10-22(12)16-4-3-15(11-19-16)20-17(24)14-5-8-21(9-6-14)13(2)23/h3-4,7,10-11,14H,5-6,8-9H2,1-2H3,(H,20,24). The number of aryl methyl sites for hydroxylation is 1. The van der Waals surface area contributed by atoms with Gasteiger partial charge in [0.15, 0.2) is 0 Å². The second-order valence-corrected chi connectivity index (χ2v) is 6.02. The summed E-state index contributed by atoms with van der Waals surface area (Å²) in [4.78, 5) is 34.0. The van der Waals surface area contributed by atoms with Crippen LogP contribution in [0.4, 0.5) is 5.69 Å². The Balaban J connectivity index is 1.59. The van der Waals surface area contributed by atoms with Crippen LogP contribution in [0.2, 0.25) is 0 Å². The number of nitrogens with one attached hydrogen (secondary N) is 1. The van der Waals surface area contributed by atoms with E-state index in [1.165, 1.54) is 0 Å². The third-order valence-electron chi connectivity index (χ3n) is 4.40. The Morgan fingerprint density at radius 2 is 1.96 bits per heavy atom. The van der Waals surface area contributed by atoms with Crippen molar-refractivity contribution < 1.29 is 9.59 Å². The van der Waals surface area contributed by atoms with Crippen molar-refractivity contribution in [2.45, 2.75) is 26.7 Å². The molecule has 0 unspecified atom stereocenters. The van der Waals surface area contributed by atoms with Gasteiger partial charge in [-0.3, -0.25) is 14.2 Å². The van der Waals surface area contributed by atoms with Crippen molar-refractivity contribution in [2.75, 3.05) is 18.4 Å². The molecule has 3 heterocycles. The maximum Gasteiger partial charge on any atom is 0.227 e. The SMILES string of the molecule is CC(=O)N1CCC(C(=O)Nc2ccc(-n3ccnc3C)nc2)CC1. The van der Waals surface area contributed by atoms with Gasteiger partial charge in [-0.05, 0) is 31.9 Å². The first-order valence-corrected chi connectivity index (χ1v) is 8.07. The summed E-state index contributed by atoms with van der Waals surface area (Å²) in [6.45, 7) is 4.76. The van der Waals surface area contributed by atoms with Crippen molar-refractivity contribution in [2.24, 2.45) is 5.92 Å². The fourth-order valence-electron chi connectivity index (χ4n) is 2.92. The highest BCUT2D eigenvalue weighted by Crippen LogP contribution is 2.20. The van der Waals surface area contributed by atoms with Crippen LogP contribution in [0, 0.1) is 12.8 Å². The molecule has 3 rings (SSSR count). The normalized spacial score (nSPS) is 15.3. The van der Waals surface area contributed by atoms with E-state index in [1.807, 2.05) is 29.8 Å². The van der Waals surface area contributed by atoms with Crippen molar-refractivity contribution in [3.05, 3.63) is 36.5 Å². The van der Waals surface area contributed by atoms with Gasteiger partial charge >= 0.3 is 0 Å². The van der Waals surface area contributed by atoms with Gasteiger partial charge in [0.25, 0.3) is 0 Å². The number of anilines is 1. The molecule has 0 aromatic carbocycles. The van der Waals surface area contributed by atoms with Crippen LogP contribution in [0.3, 0.4) is 0 Å². The number of aromatic nitrogens is 3. The van der Waals surface area contributed by atoms with Crippen LogP contribution in [0.5, 0.6) is 0 Å². The second-order valence-electron chi connectivity index (χ2n) is 6.02. The van der Waals surface area contributed by atoms with E-state index in [0.29, 0.717) is 31.6 Å². The molecule has 2 aromatic heterocycles. The van der Waals surface area contributed by atoms with Gasteiger partial charge in [-0.2, -0.15) is 0 Å². The van der Waals surface area contributed by atoms with E-state index >= 15 is 0 Å². The Hall–Kier alpha value is -2.70. The van der Waals surface area contributed by atoms with E-state index in [-0.39, 0.29) is 17.7 Å². The molecule has 2 aromatic rings. The Morgan fingerprint density at radius 1 is 1.21 bits per heavy atom. The summed E-state index contributed by atoms with van der Waals surface area (Å²) in [5, 5.41) is 2.91. The van der Waals surface area contributed by atoms with Crippen LogP contribution in [0.25, 0.3) is 5.82 Å². The number of nitrogens with zero attached hydrogens (tertiary/aromatic N) is 4. The third kappa shape index (κ3) is 3.45. The second kappa shape index (κ2) is 6.82. The quantitative estimate of drug-likeness (QED) is 0.932. The number of amides is 2. The summed E-state index contributed by atoms with van der Waals surface area (Å²) in [6.07, 6.45) is 6.62. The molecule has 1 aliphatic heterocycles. The van der Waals surface area contributed by atoms with Crippen LogP contribution >= 0.6 is 0 Å². The first-order valence-electron chi connectivity index (χ1n) is 8.07. The predicted octanol–water partition coefficient (Wildman–Crippen LogP) is 1.77. The number of pyridine rings is 1. The van der Waals surface area contributed by atoms with E-state index in [9.17, 15) is 9.59 Å². The smallest absolute Gasteiger partial charge is 0.227 e. The molecule has 1 fully saturated rings. The van der Waals surface area contributed by atoms with Crippen LogP contribution in [-0.2, 0) is 9.59 Å². The predicted molar refractivity (Wildman–Crippen MR) is 89.7 cm³/mol. The number of rotatable bonds is 3. The molecule has 0 bridgehead atoms. The zero-order chi connectivity index (χ0) is 17.1. The fraction of sp³-hybridized carbons (Fsp3) is 0.412. The summed E-state index contributed by atoms with van der Waals surface area (Å²) < 4.78 is 1.88. The summed E-state index contributed by atoms with van der Waals surface area (Å²) >= 11 is 0. The minimum absolute atomic E-state index is 0.00781. The Labute approximate surface area is 140 Å².